The van der Waals surface area contributed by atoms with Crippen LogP contribution in [0, 0.1) is 5.92 Å². The smallest absolute Gasteiger partial charge is 0.459 e. The lowest BCUT2D eigenvalue weighted by Crippen LogP contribution is -2.35. The van der Waals surface area contributed by atoms with E-state index in [0.717, 1.165) is 10.6 Å². The number of alkyl halides is 1. The molecule has 1 aliphatic rings. The van der Waals surface area contributed by atoms with E-state index >= 15 is 0 Å². The van der Waals surface area contributed by atoms with Crippen LogP contribution in [0.5, 0.6) is 5.75 Å². The molecule has 1 aromatic carbocycles. The summed E-state index contributed by atoms with van der Waals surface area (Å²) in [5, 5.41) is 12.2. The number of halogens is 1. The summed E-state index contributed by atoms with van der Waals surface area (Å²) in [5.41, 5.74) is -1.38. The number of H-pyrrole nitrogens is 1. The van der Waals surface area contributed by atoms with Crippen molar-refractivity contribution >= 4 is 25.3 Å². The Hall–Kier alpha value is -2.51. The first-order chi connectivity index (χ1) is 18.0. The Morgan fingerprint density at radius 3 is 2.61 bits per heavy atom. The molecule has 0 radical (unpaired) electrons. The van der Waals surface area contributed by atoms with Gasteiger partial charge in [-0.25, -0.2) is 14.4 Å². The monoisotopic (exact) mass is 575 g/mol. The van der Waals surface area contributed by atoms with Crippen LogP contribution in [0.3, 0.4) is 0 Å². The fourth-order valence-corrected chi connectivity index (χ4v) is 5.43. The number of aromatic amines is 1. The van der Waals surface area contributed by atoms with E-state index in [0.29, 0.717) is 0 Å². The minimum atomic E-state index is -4.12. The number of rotatable bonds is 13. The number of ether oxygens (including phenoxy) is 3. The summed E-state index contributed by atoms with van der Waals surface area (Å²) in [6.07, 6.45) is -2.34. The van der Waals surface area contributed by atoms with Crippen LogP contribution in [0.25, 0.3) is 0 Å². The normalized spacial score (nSPS) is 24.3. The second kappa shape index (κ2) is 13.5. The predicted octanol–water partition coefficient (Wildman–Crippen LogP) is 1.41. The van der Waals surface area contributed by atoms with Gasteiger partial charge in [-0.3, -0.25) is 23.7 Å². The van der Waals surface area contributed by atoms with E-state index in [1.807, 2.05) is 0 Å². The number of nitrogens with one attached hydrogen (secondary N) is 2. The lowest BCUT2D eigenvalue weighted by molar-refractivity contribution is -0.150. The number of esters is 1. The van der Waals surface area contributed by atoms with Crippen molar-refractivity contribution in [3.05, 3.63) is 63.4 Å². The van der Waals surface area contributed by atoms with E-state index in [4.69, 9.17) is 34.9 Å². The van der Waals surface area contributed by atoms with Crippen molar-refractivity contribution in [1.82, 2.24) is 14.6 Å². The summed E-state index contributed by atoms with van der Waals surface area (Å²) in [4.78, 5) is 37.7. The summed E-state index contributed by atoms with van der Waals surface area (Å²) in [6.45, 7) is 2.89. The maximum absolute atomic E-state index is 13.7. The topological polar surface area (TPSA) is 167 Å². The van der Waals surface area contributed by atoms with Crippen LogP contribution in [-0.2, 0) is 28.1 Å². The zero-order valence-electron chi connectivity index (χ0n) is 21.0. The molecule has 1 fully saturated rings. The highest BCUT2D eigenvalue weighted by molar-refractivity contribution is 7.52. The lowest BCUT2D eigenvalue weighted by atomic mass is 10.2. The first kappa shape index (κ1) is 30.0. The number of methoxy groups -OCH3 is 1. The molecule has 0 spiro atoms. The van der Waals surface area contributed by atoms with Gasteiger partial charge in [0.15, 0.2) is 6.23 Å². The molecule has 0 amide bonds. The van der Waals surface area contributed by atoms with Crippen molar-refractivity contribution < 1.29 is 37.7 Å². The highest BCUT2D eigenvalue weighted by Crippen LogP contribution is 2.46. The number of aromatic nitrogens is 2. The minimum absolute atomic E-state index is 0.137. The van der Waals surface area contributed by atoms with Crippen LogP contribution in [0.4, 0.5) is 0 Å². The third-order valence-corrected chi connectivity index (χ3v) is 7.64. The van der Waals surface area contributed by atoms with Crippen molar-refractivity contribution in [3.8, 4) is 5.75 Å². The van der Waals surface area contributed by atoms with Crippen LogP contribution in [0.1, 0.15) is 20.1 Å². The van der Waals surface area contributed by atoms with E-state index in [1.165, 1.54) is 13.3 Å². The number of carbonyl (C=O) groups excluding carboxylic acids is 1. The Kier molecular flexibility index (Phi) is 10.7. The maximum atomic E-state index is 13.7. The molecule has 13 nitrogen and oxygen atoms in total. The molecule has 1 aromatic heterocycles. The van der Waals surface area contributed by atoms with Gasteiger partial charge < -0.3 is 23.8 Å². The molecular weight excluding hydrogens is 545 g/mol. The maximum Gasteiger partial charge on any atom is 0.459 e. The Morgan fingerprint density at radius 2 is 1.95 bits per heavy atom. The first-order valence-electron chi connectivity index (χ1n) is 11.7. The largest absolute Gasteiger partial charge is 0.464 e. The summed E-state index contributed by atoms with van der Waals surface area (Å²) in [7, 11) is -2.64. The molecule has 3 rings (SSSR count). The molecule has 3 N–H and O–H groups in total. The molecule has 38 heavy (non-hydrogen) atoms. The molecule has 1 saturated heterocycles. The zero-order valence-corrected chi connectivity index (χ0v) is 22.7. The number of nitrogens with zero attached hydrogens (tertiary/aromatic N) is 1. The predicted molar refractivity (Wildman–Crippen MR) is 136 cm³/mol. The van der Waals surface area contributed by atoms with Crippen molar-refractivity contribution in [2.75, 3.05) is 26.9 Å². The molecule has 0 bridgehead atoms. The molecule has 2 aromatic rings. The van der Waals surface area contributed by atoms with E-state index in [9.17, 15) is 24.1 Å². The number of aliphatic hydroxyl groups excluding tert-OH is 1. The Labute approximate surface area is 223 Å². The molecule has 0 aliphatic carbocycles. The number of aliphatic hydroxyl groups is 1. The van der Waals surface area contributed by atoms with E-state index < -0.39 is 67.3 Å². The molecule has 1 aliphatic heterocycles. The SMILES string of the molecule is COCC(C)C(=O)OC[C@H](C)NP(=O)(OC[C@H]1O[C@@H](n2ccc(=O)[nH]c2=O)[C@@H](Cl)[C@@H]1O)Oc1ccccc1. The molecular formula is C23H31ClN3O10P. The fourth-order valence-electron chi connectivity index (χ4n) is 3.55. The van der Waals surface area contributed by atoms with Gasteiger partial charge in [-0.15, -0.1) is 11.6 Å². The van der Waals surface area contributed by atoms with E-state index in [1.54, 1.807) is 44.2 Å². The van der Waals surface area contributed by atoms with Gasteiger partial charge in [0, 0.05) is 25.4 Å². The second-order valence-electron chi connectivity index (χ2n) is 8.73. The van der Waals surface area contributed by atoms with E-state index in [-0.39, 0.29) is 19.0 Å². The standard InChI is InChI=1S/C23H31ClN3O10P/c1-14(11-33-3)22(30)34-12-15(2)26-38(32,37-16-7-5-4-6-8-16)35-13-17-20(29)19(24)21(36-17)27-10-9-18(28)25-23(27)31/h4-10,14-15,17,19-21,29H,11-13H2,1-3H3,(H,26,32)(H,25,28,31)/t14?,15-,17+,19-,20+,21+,38?/m0/s1. The summed E-state index contributed by atoms with van der Waals surface area (Å²) < 4.78 is 41.9. The number of hydrogen-bond donors (Lipinski definition) is 3. The van der Waals surface area contributed by atoms with Crippen molar-refractivity contribution in [3.63, 3.8) is 0 Å². The van der Waals surface area contributed by atoms with Crippen LogP contribution < -0.4 is 20.9 Å². The van der Waals surface area contributed by atoms with Gasteiger partial charge in [0.1, 0.15) is 29.9 Å². The van der Waals surface area contributed by atoms with Crippen molar-refractivity contribution in [2.24, 2.45) is 5.92 Å². The van der Waals surface area contributed by atoms with Crippen molar-refractivity contribution in [1.29, 1.82) is 0 Å². The Balaban J connectivity index is 1.69. The van der Waals surface area contributed by atoms with Gasteiger partial charge in [-0.2, -0.15) is 0 Å². The van der Waals surface area contributed by atoms with Gasteiger partial charge in [-0.1, -0.05) is 18.2 Å². The third kappa shape index (κ3) is 8.00. The van der Waals surface area contributed by atoms with Gasteiger partial charge in [0.2, 0.25) is 0 Å². The fraction of sp³-hybridized carbons (Fsp3) is 0.522. The molecule has 15 heteroatoms. The van der Waals surface area contributed by atoms with Gasteiger partial charge in [0.05, 0.1) is 19.1 Å². The Morgan fingerprint density at radius 1 is 1.24 bits per heavy atom. The average Bonchev–Trinajstić information content (AvgIpc) is 3.15. The lowest BCUT2D eigenvalue weighted by Gasteiger charge is -2.25. The molecule has 210 valence electrons. The van der Waals surface area contributed by atoms with E-state index in [2.05, 4.69) is 10.1 Å². The molecule has 2 heterocycles. The summed E-state index contributed by atoms with van der Waals surface area (Å²) in [6, 6.07) is 8.70. The molecule has 0 saturated carbocycles. The van der Waals surface area contributed by atoms with Gasteiger partial charge in [0.25, 0.3) is 5.56 Å². The zero-order chi connectivity index (χ0) is 27.9. The van der Waals surface area contributed by atoms with Gasteiger partial charge >= 0.3 is 19.4 Å². The first-order valence-corrected chi connectivity index (χ1v) is 13.7. The number of benzene rings is 1. The number of para-hydroxylation sites is 1. The van der Waals surface area contributed by atoms with Crippen molar-refractivity contribution in [2.45, 2.75) is 43.7 Å². The third-order valence-electron chi connectivity index (χ3n) is 5.47. The van der Waals surface area contributed by atoms with Crippen LogP contribution in [-0.4, -0.2) is 71.2 Å². The van der Waals surface area contributed by atoms with Crippen LogP contribution >= 0.6 is 19.3 Å². The number of hydrogen-bond acceptors (Lipinski definition) is 10. The Bertz CT molecular complexity index is 1230. The second-order valence-corrected chi connectivity index (χ2v) is 10.9. The number of carbonyl (C=O) groups is 1. The highest BCUT2D eigenvalue weighted by Gasteiger charge is 2.45. The summed E-state index contributed by atoms with van der Waals surface area (Å²) in [5.74, 6) is -0.732. The van der Waals surface area contributed by atoms with Crippen LogP contribution in [0.2, 0.25) is 0 Å². The minimum Gasteiger partial charge on any atom is -0.464 e. The average molecular weight is 576 g/mol. The van der Waals surface area contributed by atoms with Gasteiger partial charge in [-0.05, 0) is 26.0 Å². The highest BCUT2D eigenvalue weighted by atomic mass is 35.5. The molecule has 7 atom stereocenters. The quantitative estimate of drug-likeness (QED) is 0.179. The van der Waals surface area contributed by atoms with Crippen LogP contribution in [0.15, 0.2) is 52.2 Å². The molecule has 2 unspecified atom stereocenters. The summed E-state index contributed by atoms with van der Waals surface area (Å²) >= 11 is 6.30.